The molecular weight excluding hydrogens is 400 g/mol. The molecule has 0 saturated heterocycles. The second-order valence-corrected chi connectivity index (χ2v) is 8.37. The highest BCUT2D eigenvalue weighted by Gasteiger charge is 2.32. The summed E-state index contributed by atoms with van der Waals surface area (Å²) in [5.41, 5.74) is 5.38. The van der Waals surface area contributed by atoms with Gasteiger partial charge in [-0.15, -0.1) is 0 Å². The van der Waals surface area contributed by atoms with E-state index in [-0.39, 0.29) is 12.3 Å². The number of aryl methyl sites for hydroxylation is 1. The Balaban J connectivity index is 1.56. The van der Waals surface area contributed by atoms with Gasteiger partial charge < -0.3 is 14.6 Å². The zero-order chi connectivity index (χ0) is 22.3. The van der Waals surface area contributed by atoms with Gasteiger partial charge in [0, 0.05) is 12.3 Å². The molecule has 0 radical (unpaired) electrons. The summed E-state index contributed by atoms with van der Waals surface area (Å²) in [7, 11) is 1.72. The second-order valence-electron chi connectivity index (χ2n) is 8.37. The SMILES string of the molecule is COc1ccc2c(c1)CC[C@H](c1ccccc1)[C@@H]2c1ccc(OCCCCC(=O)O)cc1. The van der Waals surface area contributed by atoms with Crippen molar-refractivity contribution in [1.82, 2.24) is 0 Å². The van der Waals surface area contributed by atoms with Crippen LogP contribution in [-0.2, 0) is 11.2 Å². The molecular formula is C28H30O4. The molecule has 0 fully saturated rings. The molecule has 0 spiro atoms. The van der Waals surface area contributed by atoms with Crippen LogP contribution < -0.4 is 9.47 Å². The molecule has 1 aliphatic carbocycles. The fourth-order valence-electron chi connectivity index (χ4n) is 4.73. The van der Waals surface area contributed by atoms with E-state index in [9.17, 15) is 4.79 Å². The summed E-state index contributed by atoms with van der Waals surface area (Å²) in [5, 5.41) is 8.74. The first-order valence-electron chi connectivity index (χ1n) is 11.3. The van der Waals surface area contributed by atoms with Crippen molar-refractivity contribution in [3.05, 3.63) is 95.1 Å². The minimum atomic E-state index is -0.757. The lowest BCUT2D eigenvalue weighted by molar-refractivity contribution is -0.137. The number of hydrogen-bond acceptors (Lipinski definition) is 3. The van der Waals surface area contributed by atoms with Crippen molar-refractivity contribution in [2.24, 2.45) is 0 Å². The van der Waals surface area contributed by atoms with E-state index >= 15 is 0 Å². The molecule has 0 aliphatic heterocycles. The van der Waals surface area contributed by atoms with Crippen LogP contribution in [0.3, 0.4) is 0 Å². The third-order valence-electron chi connectivity index (χ3n) is 6.33. The number of carboxylic acid groups (broad SMARTS) is 1. The molecule has 166 valence electrons. The average molecular weight is 431 g/mol. The molecule has 0 saturated carbocycles. The average Bonchev–Trinajstić information content (AvgIpc) is 2.83. The first-order valence-corrected chi connectivity index (χ1v) is 11.3. The van der Waals surface area contributed by atoms with Crippen LogP contribution in [0.1, 0.15) is 59.8 Å². The van der Waals surface area contributed by atoms with E-state index in [1.54, 1.807) is 7.11 Å². The first kappa shape index (κ1) is 21.9. The lowest BCUT2D eigenvalue weighted by atomic mass is 9.69. The van der Waals surface area contributed by atoms with Gasteiger partial charge in [0.2, 0.25) is 0 Å². The fourth-order valence-corrected chi connectivity index (χ4v) is 4.73. The van der Waals surface area contributed by atoms with Crippen molar-refractivity contribution < 1.29 is 19.4 Å². The van der Waals surface area contributed by atoms with Crippen LogP contribution in [0.25, 0.3) is 0 Å². The van der Waals surface area contributed by atoms with Crippen molar-refractivity contribution in [3.63, 3.8) is 0 Å². The van der Waals surface area contributed by atoms with Crippen LogP contribution in [0.4, 0.5) is 0 Å². The molecule has 1 N–H and O–H groups in total. The number of ether oxygens (including phenoxy) is 2. The largest absolute Gasteiger partial charge is 0.497 e. The number of aliphatic carboxylic acids is 1. The Morgan fingerprint density at radius 1 is 0.938 bits per heavy atom. The number of rotatable bonds is 9. The summed E-state index contributed by atoms with van der Waals surface area (Å²) >= 11 is 0. The maximum atomic E-state index is 10.6. The number of benzene rings is 3. The Hall–Kier alpha value is -3.27. The predicted octanol–water partition coefficient (Wildman–Crippen LogP) is 6.19. The van der Waals surface area contributed by atoms with Gasteiger partial charge in [-0.25, -0.2) is 0 Å². The van der Waals surface area contributed by atoms with Gasteiger partial charge in [-0.2, -0.15) is 0 Å². The molecule has 1 aliphatic rings. The van der Waals surface area contributed by atoms with Crippen molar-refractivity contribution in [2.75, 3.05) is 13.7 Å². The standard InChI is InChI=1S/C28H30O4/c1-31-24-15-17-26-22(19-24)12-16-25(20-7-3-2-4-8-20)28(26)21-10-13-23(14-11-21)32-18-6-5-9-27(29)30/h2-4,7-8,10-11,13-15,17,19,25,28H,5-6,9,12,16,18H2,1H3,(H,29,30)/t25-,28+/m1/s1. The van der Waals surface area contributed by atoms with E-state index in [0.29, 0.717) is 18.9 Å². The lowest BCUT2D eigenvalue weighted by Crippen LogP contribution is -2.20. The quantitative estimate of drug-likeness (QED) is 0.411. The molecule has 3 aromatic carbocycles. The molecule has 3 aromatic rings. The van der Waals surface area contributed by atoms with Crippen LogP contribution >= 0.6 is 0 Å². The van der Waals surface area contributed by atoms with Crippen molar-refractivity contribution in [1.29, 1.82) is 0 Å². The minimum absolute atomic E-state index is 0.190. The molecule has 0 heterocycles. The molecule has 4 heteroatoms. The van der Waals surface area contributed by atoms with Crippen LogP contribution in [0, 0.1) is 0 Å². The number of carboxylic acids is 1. The van der Waals surface area contributed by atoms with Gasteiger partial charge in [0.15, 0.2) is 0 Å². The lowest BCUT2D eigenvalue weighted by Gasteiger charge is -2.35. The van der Waals surface area contributed by atoms with Gasteiger partial charge in [0.1, 0.15) is 11.5 Å². The third kappa shape index (κ3) is 5.13. The van der Waals surface area contributed by atoms with Gasteiger partial charge in [0.25, 0.3) is 0 Å². The zero-order valence-corrected chi connectivity index (χ0v) is 18.5. The van der Waals surface area contributed by atoms with Crippen LogP contribution in [-0.4, -0.2) is 24.8 Å². The highest BCUT2D eigenvalue weighted by atomic mass is 16.5. The molecule has 0 bridgehead atoms. The topological polar surface area (TPSA) is 55.8 Å². The van der Waals surface area contributed by atoms with E-state index in [1.807, 2.05) is 12.1 Å². The summed E-state index contributed by atoms with van der Waals surface area (Å²) in [6, 6.07) is 25.7. The van der Waals surface area contributed by atoms with E-state index in [2.05, 4.69) is 60.7 Å². The minimum Gasteiger partial charge on any atom is -0.497 e. The van der Waals surface area contributed by atoms with E-state index < -0.39 is 5.97 Å². The second kappa shape index (κ2) is 10.4. The summed E-state index contributed by atoms with van der Waals surface area (Å²) in [4.78, 5) is 10.6. The molecule has 0 unspecified atom stereocenters. The van der Waals surface area contributed by atoms with Crippen LogP contribution in [0.5, 0.6) is 11.5 Å². The predicted molar refractivity (Wildman–Crippen MR) is 126 cm³/mol. The summed E-state index contributed by atoms with van der Waals surface area (Å²) in [6.45, 7) is 0.533. The number of unbranched alkanes of at least 4 members (excludes halogenated alkanes) is 1. The van der Waals surface area contributed by atoms with Gasteiger partial charge in [0.05, 0.1) is 13.7 Å². The Labute approximate surface area is 189 Å². The van der Waals surface area contributed by atoms with Gasteiger partial charge in [-0.1, -0.05) is 48.5 Å². The van der Waals surface area contributed by atoms with Gasteiger partial charge >= 0.3 is 5.97 Å². The molecule has 32 heavy (non-hydrogen) atoms. The molecule has 0 amide bonds. The third-order valence-corrected chi connectivity index (χ3v) is 6.33. The van der Waals surface area contributed by atoms with Crippen LogP contribution in [0.15, 0.2) is 72.8 Å². The monoisotopic (exact) mass is 430 g/mol. The number of fused-ring (bicyclic) bond motifs is 1. The summed E-state index contributed by atoms with van der Waals surface area (Å²) in [6.07, 6.45) is 3.70. The van der Waals surface area contributed by atoms with Gasteiger partial charge in [-0.05, 0) is 78.1 Å². The number of methoxy groups -OCH3 is 1. The van der Waals surface area contributed by atoms with E-state index in [0.717, 1.165) is 30.8 Å². The maximum absolute atomic E-state index is 10.6. The van der Waals surface area contributed by atoms with E-state index in [1.165, 1.54) is 22.3 Å². The summed E-state index contributed by atoms with van der Waals surface area (Å²) in [5.74, 6) is 1.67. The van der Waals surface area contributed by atoms with Crippen molar-refractivity contribution in [3.8, 4) is 11.5 Å². The van der Waals surface area contributed by atoms with E-state index in [4.69, 9.17) is 14.6 Å². The first-order chi connectivity index (χ1) is 15.7. The molecule has 2 atom stereocenters. The van der Waals surface area contributed by atoms with Crippen LogP contribution in [0.2, 0.25) is 0 Å². The highest BCUT2D eigenvalue weighted by Crippen LogP contribution is 2.47. The number of carbonyl (C=O) groups is 1. The Morgan fingerprint density at radius 2 is 1.69 bits per heavy atom. The van der Waals surface area contributed by atoms with Crippen molar-refractivity contribution in [2.45, 2.75) is 43.9 Å². The number of hydrogen-bond donors (Lipinski definition) is 1. The van der Waals surface area contributed by atoms with Gasteiger partial charge in [-0.3, -0.25) is 4.79 Å². The summed E-state index contributed by atoms with van der Waals surface area (Å²) < 4.78 is 11.3. The highest BCUT2D eigenvalue weighted by molar-refractivity contribution is 5.66. The normalized spacial score (nSPS) is 17.4. The molecule has 4 rings (SSSR count). The smallest absolute Gasteiger partial charge is 0.303 e. The Kier molecular flexibility index (Phi) is 7.10. The fraction of sp³-hybridized carbons (Fsp3) is 0.321. The maximum Gasteiger partial charge on any atom is 0.303 e. The molecule has 4 nitrogen and oxygen atoms in total. The zero-order valence-electron chi connectivity index (χ0n) is 18.5. The van der Waals surface area contributed by atoms with Crippen molar-refractivity contribution >= 4 is 5.97 Å². The Morgan fingerprint density at radius 3 is 2.41 bits per heavy atom. The Bertz CT molecular complexity index is 1030. The molecule has 0 aromatic heterocycles.